The summed E-state index contributed by atoms with van der Waals surface area (Å²) in [6, 6.07) is 9.56. The molecule has 7 nitrogen and oxygen atoms in total. The average molecular weight is 361 g/mol. The molecule has 1 spiro atoms. The number of H-pyrrole nitrogens is 1. The van der Waals surface area contributed by atoms with Crippen molar-refractivity contribution in [2.24, 2.45) is 5.73 Å². The fourth-order valence-electron chi connectivity index (χ4n) is 4.04. The van der Waals surface area contributed by atoms with Crippen LogP contribution in [0, 0.1) is 11.3 Å². The lowest BCUT2D eigenvalue weighted by Crippen LogP contribution is -2.46. The number of benzene rings is 1. The zero-order valence-corrected chi connectivity index (χ0v) is 15.1. The van der Waals surface area contributed by atoms with Crippen LogP contribution in [0.15, 0.2) is 48.4 Å². The molecule has 0 bridgehead atoms. The number of anilines is 1. The molecular weight excluding hydrogens is 342 g/mol. The smallest absolute Gasteiger partial charge is 0.248 e. The number of amides is 1. The van der Waals surface area contributed by atoms with Crippen molar-refractivity contribution < 1.29 is 9.53 Å². The summed E-state index contributed by atoms with van der Waals surface area (Å²) in [5.41, 5.74) is 7.52. The second kappa shape index (κ2) is 5.74. The Morgan fingerprint density at radius 1 is 1.48 bits per heavy atom. The molecule has 0 saturated heterocycles. The zero-order chi connectivity index (χ0) is 19.3. The lowest BCUT2D eigenvalue weighted by atomic mass is 9.68. The summed E-state index contributed by atoms with van der Waals surface area (Å²) >= 11 is 0. The highest BCUT2D eigenvalue weighted by atomic mass is 16.5. The molecule has 2 aliphatic rings. The van der Waals surface area contributed by atoms with Gasteiger partial charge in [-0.25, -0.2) is 0 Å². The number of nitriles is 1. The van der Waals surface area contributed by atoms with Gasteiger partial charge < -0.3 is 15.4 Å². The minimum Gasteiger partial charge on any atom is -0.420 e. The molecule has 136 valence electrons. The number of rotatable bonds is 3. The minimum atomic E-state index is -1.38. The Morgan fingerprint density at radius 3 is 2.89 bits per heavy atom. The van der Waals surface area contributed by atoms with Gasteiger partial charge in [0.05, 0.1) is 5.56 Å². The second-order valence-corrected chi connectivity index (χ2v) is 6.90. The number of aromatic nitrogens is 2. The van der Waals surface area contributed by atoms with E-state index in [4.69, 9.17) is 10.5 Å². The van der Waals surface area contributed by atoms with E-state index in [2.05, 4.69) is 22.8 Å². The maximum absolute atomic E-state index is 13.8. The first-order valence-electron chi connectivity index (χ1n) is 8.67. The van der Waals surface area contributed by atoms with E-state index in [0.717, 1.165) is 11.4 Å². The molecular formula is C20H19N5O2. The molecule has 0 saturated carbocycles. The van der Waals surface area contributed by atoms with Crippen molar-refractivity contribution in [1.82, 2.24) is 10.2 Å². The zero-order valence-electron chi connectivity index (χ0n) is 15.1. The van der Waals surface area contributed by atoms with Gasteiger partial charge in [-0.1, -0.05) is 38.1 Å². The topological polar surface area (TPSA) is 108 Å². The Hall–Kier alpha value is -3.53. The predicted molar refractivity (Wildman–Crippen MR) is 99.9 cm³/mol. The average Bonchev–Trinajstić information content (AvgIpc) is 3.17. The van der Waals surface area contributed by atoms with Gasteiger partial charge in [-0.05, 0) is 12.0 Å². The number of carbonyl (C=O) groups excluding carboxylic acids is 1. The van der Waals surface area contributed by atoms with Crippen LogP contribution in [0.25, 0.3) is 0 Å². The largest absolute Gasteiger partial charge is 0.420 e. The third kappa shape index (κ3) is 1.95. The maximum Gasteiger partial charge on any atom is 0.248 e. The van der Waals surface area contributed by atoms with E-state index in [-0.39, 0.29) is 29.2 Å². The van der Waals surface area contributed by atoms with Crippen LogP contribution in [0.2, 0.25) is 0 Å². The summed E-state index contributed by atoms with van der Waals surface area (Å²) in [5.74, 6) is -0.0837. The third-order valence-electron chi connectivity index (χ3n) is 5.13. The third-order valence-corrected chi connectivity index (χ3v) is 5.13. The molecule has 0 unspecified atom stereocenters. The lowest BCUT2D eigenvalue weighted by Gasteiger charge is -2.33. The SMILES string of the molecule is C=CCN1C(=O)[C@]2(C(C#N)=C(N)Oc3n[nH]c(C(C)C)c32)c2ccccc21. The molecule has 1 atom stereocenters. The van der Waals surface area contributed by atoms with Gasteiger partial charge in [-0.15, -0.1) is 11.7 Å². The van der Waals surface area contributed by atoms with Crippen molar-refractivity contribution in [3.63, 3.8) is 0 Å². The van der Waals surface area contributed by atoms with Crippen LogP contribution in [-0.4, -0.2) is 22.6 Å². The highest BCUT2D eigenvalue weighted by Gasteiger charge is 2.60. The fourth-order valence-corrected chi connectivity index (χ4v) is 4.04. The van der Waals surface area contributed by atoms with Crippen molar-refractivity contribution in [2.75, 3.05) is 11.4 Å². The molecule has 4 rings (SSSR count). The molecule has 0 radical (unpaired) electrons. The van der Waals surface area contributed by atoms with E-state index in [1.54, 1.807) is 11.0 Å². The van der Waals surface area contributed by atoms with Crippen molar-refractivity contribution in [3.05, 3.63) is 65.2 Å². The Labute approximate surface area is 156 Å². The standard InChI is InChI=1S/C20H19N5O2/c1-4-9-25-14-8-6-5-7-12(14)20(19(25)26)13(10-21)17(22)27-18-15(20)16(11(2)3)23-24-18/h4-8,11H,1,9,22H2,2-3H3,(H,23,24)/t20-/m0/s1. The Morgan fingerprint density at radius 2 is 2.22 bits per heavy atom. The van der Waals surface area contributed by atoms with Crippen molar-refractivity contribution >= 4 is 11.6 Å². The number of nitrogens with one attached hydrogen (secondary N) is 1. The van der Waals surface area contributed by atoms with Crippen LogP contribution < -0.4 is 15.4 Å². The molecule has 1 aromatic heterocycles. The summed E-state index contributed by atoms with van der Waals surface area (Å²) in [6.07, 6.45) is 1.66. The number of aromatic amines is 1. The molecule has 2 aliphatic heterocycles. The van der Waals surface area contributed by atoms with Gasteiger partial charge in [0.15, 0.2) is 0 Å². The summed E-state index contributed by atoms with van der Waals surface area (Å²) in [7, 11) is 0. The van der Waals surface area contributed by atoms with E-state index in [0.29, 0.717) is 17.7 Å². The number of para-hydroxylation sites is 1. The van der Waals surface area contributed by atoms with Crippen LogP contribution in [0.5, 0.6) is 5.88 Å². The summed E-state index contributed by atoms with van der Waals surface area (Å²) in [4.78, 5) is 15.4. The molecule has 3 heterocycles. The first kappa shape index (κ1) is 16.9. The van der Waals surface area contributed by atoms with Crippen molar-refractivity contribution in [3.8, 4) is 11.9 Å². The maximum atomic E-state index is 13.8. The van der Waals surface area contributed by atoms with E-state index in [1.165, 1.54) is 0 Å². The quantitative estimate of drug-likeness (QED) is 0.816. The first-order valence-corrected chi connectivity index (χ1v) is 8.67. The first-order chi connectivity index (χ1) is 13.0. The molecule has 3 N–H and O–H groups in total. The van der Waals surface area contributed by atoms with Gasteiger partial charge in [0, 0.05) is 23.5 Å². The van der Waals surface area contributed by atoms with Gasteiger partial charge in [0.1, 0.15) is 17.1 Å². The number of carbonyl (C=O) groups is 1. The van der Waals surface area contributed by atoms with Crippen molar-refractivity contribution in [1.29, 1.82) is 5.26 Å². The normalized spacial score (nSPS) is 20.5. The monoisotopic (exact) mass is 361 g/mol. The van der Waals surface area contributed by atoms with Gasteiger partial charge in [-0.3, -0.25) is 9.89 Å². The number of ether oxygens (including phenoxy) is 1. The van der Waals surface area contributed by atoms with Crippen LogP contribution in [0.3, 0.4) is 0 Å². The Balaban J connectivity index is 2.16. The lowest BCUT2D eigenvalue weighted by molar-refractivity contribution is -0.120. The van der Waals surface area contributed by atoms with E-state index < -0.39 is 5.41 Å². The predicted octanol–water partition coefficient (Wildman–Crippen LogP) is 2.44. The van der Waals surface area contributed by atoms with Crippen LogP contribution in [0.1, 0.15) is 36.6 Å². The van der Waals surface area contributed by atoms with Crippen LogP contribution >= 0.6 is 0 Å². The molecule has 2 aromatic rings. The van der Waals surface area contributed by atoms with Gasteiger partial charge in [0.25, 0.3) is 0 Å². The summed E-state index contributed by atoms with van der Waals surface area (Å²) in [6.45, 7) is 8.06. The summed E-state index contributed by atoms with van der Waals surface area (Å²) in [5, 5.41) is 17.2. The number of hydrogen-bond donors (Lipinski definition) is 2. The minimum absolute atomic E-state index is 0.0365. The van der Waals surface area contributed by atoms with Gasteiger partial charge in [0.2, 0.25) is 17.7 Å². The van der Waals surface area contributed by atoms with Crippen LogP contribution in [-0.2, 0) is 10.2 Å². The Kier molecular flexibility index (Phi) is 3.60. The molecule has 1 aromatic carbocycles. The molecule has 0 fully saturated rings. The van der Waals surface area contributed by atoms with E-state index in [1.807, 2.05) is 38.1 Å². The number of nitrogens with zero attached hydrogens (tertiary/aromatic N) is 3. The van der Waals surface area contributed by atoms with E-state index >= 15 is 0 Å². The highest BCUT2D eigenvalue weighted by Crippen LogP contribution is 2.56. The molecule has 7 heteroatoms. The number of nitrogens with two attached hydrogens (primary N) is 1. The Bertz CT molecular complexity index is 1040. The fraction of sp³-hybridized carbons (Fsp3) is 0.250. The highest BCUT2D eigenvalue weighted by molar-refractivity contribution is 6.14. The molecule has 1 amide bonds. The van der Waals surface area contributed by atoms with E-state index in [9.17, 15) is 10.1 Å². The number of hydrogen-bond acceptors (Lipinski definition) is 5. The van der Waals surface area contributed by atoms with Crippen LogP contribution in [0.4, 0.5) is 5.69 Å². The van der Waals surface area contributed by atoms with Gasteiger partial charge >= 0.3 is 0 Å². The molecule has 0 aliphatic carbocycles. The number of fused-ring (bicyclic) bond motifs is 4. The second-order valence-electron chi connectivity index (χ2n) is 6.90. The summed E-state index contributed by atoms with van der Waals surface area (Å²) < 4.78 is 5.61. The van der Waals surface area contributed by atoms with Gasteiger partial charge in [-0.2, -0.15) is 5.26 Å². The molecule has 27 heavy (non-hydrogen) atoms. The van der Waals surface area contributed by atoms with Crippen molar-refractivity contribution in [2.45, 2.75) is 25.2 Å².